The first-order valence-corrected chi connectivity index (χ1v) is 6.86. The molecule has 0 fully saturated rings. The molecule has 19 heavy (non-hydrogen) atoms. The van der Waals surface area contributed by atoms with Crippen molar-refractivity contribution in [3.63, 3.8) is 0 Å². The standard InChI is InChI=1S/C15H22N4/c1-4-8-16-10-15-12(2)18-19(13(15)3)11-14-7-5-6-9-17-14/h5-7,9,16H,4,8,10-11H2,1-3H3. The Hall–Kier alpha value is -1.68. The minimum Gasteiger partial charge on any atom is -0.313 e. The number of aryl methyl sites for hydroxylation is 1. The van der Waals surface area contributed by atoms with Crippen molar-refractivity contribution in [1.29, 1.82) is 0 Å². The van der Waals surface area contributed by atoms with Crippen LogP contribution in [0.5, 0.6) is 0 Å². The normalized spacial score (nSPS) is 10.9. The van der Waals surface area contributed by atoms with E-state index in [0.29, 0.717) is 0 Å². The summed E-state index contributed by atoms with van der Waals surface area (Å²) in [6, 6.07) is 5.98. The number of nitrogens with zero attached hydrogens (tertiary/aromatic N) is 3. The van der Waals surface area contributed by atoms with Crippen LogP contribution in [0.2, 0.25) is 0 Å². The van der Waals surface area contributed by atoms with Crippen molar-refractivity contribution in [3.05, 3.63) is 47.0 Å². The molecule has 0 bridgehead atoms. The van der Waals surface area contributed by atoms with Crippen LogP contribution in [0.15, 0.2) is 24.4 Å². The van der Waals surface area contributed by atoms with E-state index in [1.165, 1.54) is 11.3 Å². The van der Waals surface area contributed by atoms with Gasteiger partial charge in [0.05, 0.1) is 17.9 Å². The Morgan fingerprint density at radius 2 is 2.11 bits per heavy atom. The molecule has 0 saturated heterocycles. The third-order valence-electron chi connectivity index (χ3n) is 3.30. The van der Waals surface area contributed by atoms with Crippen LogP contribution in [0.1, 0.15) is 36.0 Å². The van der Waals surface area contributed by atoms with E-state index in [0.717, 1.165) is 37.4 Å². The van der Waals surface area contributed by atoms with Crippen molar-refractivity contribution < 1.29 is 0 Å². The van der Waals surface area contributed by atoms with Crippen LogP contribution in [0.25, 0.3) is 0 Å². The van der Waals surface area contributed by atoms with Crippen molar-refractivity contribution in [1.82, 2.24) is 20.1 Å². The Morgan fingerprint density at radius 3 is 2.79 bits per heavy atom. The molecule has 0 aliphatic heterocycles. The molecule has 2 heterocycles. The Labute approximate surface area is 114 Å². The number of aromatic nitrogens is 3. The molecule has 2 aromatic heterocycles. The molecule has 4 heteroatoms. The van der Waals surface area contributed by atoms with Gasteiger partial charge in [-0.2, -0.15) is 5.10 Å². The molecule has 0 saturated carbocycles. The molecule has 0 aromatic carbocycles. The molecule has 0 radical (unpaired) electrons. The van der Waals surface area contributed by atoms with E-state index in [4.69, 9.17) is 0 Å². The van der Waals surface area contributed by atoms with Crippen LogP contribution in [0.3, 0.4) is 0 Å². The fraction of sp³-hybridized carbons (Fsp3) is 0.467. The van der Waals surface area contributed by atoms with E-state index in [1.54, 1.807) is 0 Å². The van der Waals surface area contributed by atoms with Gasteiger partial charge in [0.15, 0.2) is 0 Å². The van der Waals surface area contributed by atoms with Gasteiger partial charge in [-0.1, -0.05) is 13.0 Å². The van der Waals surface area contributed by atoms with Gasteiger partial charge in [-0.25, -0.2) is 0 Å². The Balaban J connectivity index is 2.12. The largest absolute Gasteiger partial charge is 0.313 e. The molecule has 1 N–H and O–H groups in total. The topological polar surface area (TPSA) is 42.7 Å². The fourth-order valence-corrected chi connectivity index (χ4v) is 2.18. The van der Waals surface area contributed by atoms with Gasteiger partial charge < -0.3 is 5.32 Å². The maximum atomic E-state index is 4.62. The second-order valence-corrected chi connectivity index (χ2v) is 4.80. The number of nitrogens with one attached hydrogen (secondary N) is 1. The summed E-state index contributed by atoms with van der Waals surface area (Å²) in [7, 11) is 0. The summed E-state index contributed by atoms with van der Waals surface area (Å²) in [4.78, 5) is 4.35. The zero-order chi connectivity index (χ0) is 13.7. The maximum absolute atomic E-state index is 4.62. The number of hydrogen-bond donors (Lipinski definition) is 1. The van der Waals surface area contributed by atoms with Crippen LogP contribution in [0, 0.1) is 13.8 Å². The van der Waals surface area contributed by atoms with Crippen molar-refractivity contribution >= 4 is 0 Å². The highest BCUT2D eigenvalue weighted by molar-refractivity contribution is 5.25. The SMILES string of the molecule is CCCNCc1c(C)nn(Cc2ccccn2)c1C. The average molecular weight is 258 g/mol. The Bertz CT molecular complexity index is 516. The monoisotopic (exact) mass is 258 g/mol. The lowest BCUT2D eigenvalue weighted by Gasteiger charge is -2.06. The van der Waals surface area contributed by atoms with Crippen molar-refractivity contribution in [2.75, 3.05) is 6.54 Å². The third-order valence-corrected chi connectivity index (χ3v) is 3.30. The summed E-state index contributed by atoms with van der Waals surface area (Å²) < 4.78 is 2.04. The van der Waals surface area contributed by atoms with E-state index in [1.807, 2.05) is 29.1 Å². The quantitative estimate of drug-likeness (QED) is 0.809. The van der Waals surface area contributed by atoms with Gasteiger partial charge in [-0.15, -0.1) is 0 Å². The Kier molecular flexibility index (Phi) is 4.68. The lowest BCUT2D eigenvalue weighted by atomic mass is 10.2. The molecule has 2 aromatic rings. The van der Waals surface area contributed by atoms with E-state index in [2.05, 4.69) is 36.2 Å². The minimum atomic E-state index is 0.737. The number of rotatable bonds is 6. The zero-order valence-electron chi connectivity index (χ0n) is 12.0. The predicted octanol–water partition coefficient (Wildman–Crippen LogP) is 2.44. The van der Waals surface area contributed by atoms with Gasteiger partial charge in [0.1, 0.15) is 0 Å². The maximum Gasteiger partial charge on any atom is 0.0834 e. The molecular weight excluding hydrogens is 236 g/mol. The van der Waals surface area contributed by atoms with E-state index in [9.17, 15) is 0 Å². The molecular formula is C15H22N4. The minimum absolute atomic E-state index is 0.737. The fourth-order valence-electron chi connectivity index (χ4n) is 2.18. The van der Waals surface area contributed by atoms with Crippen LogP contribution in [0.4, 0.5) is 0 Å². The summed E-state index contributed by atoms with van der Waals surface area (Å²) in [6.45, 7) is 9.06. The molecule has 0 amide bonds. The molecule has 0 unspecified atom stereocenters. The van der Waals surface area contributed by atoms with Crippen LogP contribution >= 0.6 is 0 Å². The van der Waals surface area contributed by atoms with Gasteiger partial charge in [0, 0.05) is 24.0 Å². The highest BCUT2D eigenvalue weighted by Crippen LogP contribution is 2.14. The second kappa shape index (κ2) is 6.48. The van der Waals surface area contributed by atoms with Crippen LogP contribution in [-0.2, 0) is 13.1 Å². The van der Waals surface area contributed by atoms with Gasteiger partial charge in [-0.05, 0) is 38.9 Å². The molecule has 0 spiro atoms. The number of hydrogen-bond acceptors (Lipinski definition) is 3. The zero-order valence-corrected chi connectivity index (χ0v) is 12.0. The van der Waals surface area contributed by atoms with E-state index < -0.39 is 0 Å². The lowest BCUT2D eigenvalue weighted by molar-refractivity contribution is 0.641. The molecule has 0 aliphatic carbocycles. The Morgan fingerprint density at radius 1 is 1.26 bits per heavy atom. The lowest BCUT2D eigenvalue weighted by Crippen LogP contribution is -2.15. The van der Waals surface area contributed by atoms with Crippen molar-refractivity contribution in [2.24, 2.45) is 0 Å². The van der Waals surface area contributed by atoms with Gasteiger partial charge in [0.25, 0.3) is 0 Å². The molecule has 0 aliphatic rings. The third kappa shape index (κ3) is 3.41. The molecule has 102 valence electrons. The molecule has 0 atom stereocenters. The van der Waals surface area contributed by atoms with Crippen molar-refractivity contribution in [2.45, 2.75) is 40.3 Å². The van der Waals surface area contributed by atoms with Crippen LogP contribution < -0.4 is 5.32 Å². The summed E-state index contributed by atoms with van der Waals surface area (Å²) in [5.74, 6) is 0. The molecule has 4 nitrogen and oxygen atoms in total. The second-order valence-electron chi connectivity index (χ2n) is 4.80. The smallest absolute Gasteiger partial charge is 0.0834 e. The van der Waals surface area contributed by atoms with Gasteiger partial charge >= 0.3 is 0 Å². The van der Waals surface area contributed by atoms with Gasteiger partial charge in [0.2, 0.25) is 0 Å². The van der Waals surface area contributed by atoms with Gasteiger partial charge in [-0.3, -0.25) is 9.67 Å². The summed E-state index contributed by atoms with van der Waals surface area (Å²) in [5.41, 5.74) is 4.69. The van der Waals surface area contributed by atoms with E-state index in [-0.39, 0.29) is 0 Å². The number of pyridine rings is 1. The highest BCUT2D eigenvalue weighted by Gasteiger charge is 2.11. The van der Waals surface area contributed by atoms with Crippen LogP contribution in [-0.4, -0.2) is 21.3 Å². The van der Waals surface area contributed by atoms with E-state index >= 15 is 0 Å². The van der Waals surface area contributed by atoms with Crippen molar-refractivity contribution in [3.8, 4) is 0 Å². The summed E-state index contributed by atoms with van der Waals surface area (Å²) in [5, 5.41) is 8.06. The first kappa shape index (κ1) is 13.7. The summed E-state index contributed by atoms with van der Waals surface area (Å²) >= 11 is 0. The first-order valence-electron chi connectivity index (χ1n) is 6.86. The highest BCUT2D eigenvalue weighted by atomic mass is 15.3. The summed E-state index contributed by atoms with van der Waals surface area (Å²) in [6.07, 6.45) is 2.98. The first-order chi connectivity index (χ1) is 9.22. The average Bonchev–Trinajstić information content (AvgIpc) is 2.68. The predicted molar refractivity (Wildman–Crippen MR) is 77.0 cm³/mol. The molecule has 2 rings (SSSR count).